The maximum absolute atomic E-state index is 12.7. The van der Waals surface area contributed by atoms with E-state index in [-0.39, 0.29) is 25.8 Å². The SMILES string of the molecule is CCCCCC/C=C\C/C=C\CCCCCCCC(=O)OC(COCCCCCCCCCCCCCCCC/C=C\CCCCCCCCCC)COP(=O)([O-])OCC[N+](C)(C)C. The zero-order valence-corrected chi connectivity index (χ0v) is 43.9. The van der Waals surface area contributed by atoms with Crippen molar-refractivity contribution < 1.29 is 37.3 Å². The van der Waals surface area contributed by atoms with E-state index in [1.165, 1.54) is 173 Å². The fraction of sp³-hybridized carbons (Fsp3) is 0.873. The molecule has 2 atom stereocenters. The lowest BCUT2D eigenvalue weighted by atomic mass is 10.0. The van der Waals surface area contributed by atoms with Gasteiger partial charge in [0.2, 0.25) is 0 Å². The van der Waals surface area contributed by atoms with E-state index in [4.69, 9.17) is 18.5 Å². The number of ether oxygens (including phenoxy) is 2. The van der Waals surface area contributed by atoms with Crippen molar-refractivity contribution in [2.45, 2.75) is 258 Å². The monoisotopic (exact) mass is 924 g/mol. The number of quaternary nitrogens is 1. The van der Waals surface area contributed by atoms with Crippen molar-refractivity contribution in [2.24, 2.45) is 0 Å². The van der Waals surface area contributed by atoms with Crippen molar-refractivity contribution in [1.82, 2.24) is 0 Å². The largest absolute Gasteiger partial charge is 0.756 e. The minimum absolute atomic E-state index is 0.0240. The molecule has 0 rings (SSSR count). The van der Waals surface area contributed by atoms with Gasteiger partial charge < -0.3 is 27.9 Å². The van der Waals surface area contributed by atoms with Gasteiger partial charge in [0.25, 0.3) is 7.82 Å². The Morgan fingerprint density at radius 3 is 1.30 bits per heavy atom. The van der Waals surface area contributed by atoms with Gasteiger partial charge in [0.05, 0.1) is 34.4 Å². The van der Waals surface area contributed by atoms with Crippen LogP contribution in [0.5, 0.6) is 0 Å². The fourth-order valence-corrected chi connectivity index (χ4v) is 8.42. The number of unbranched alkanes of at least 4 members (excludes halogenated alkanes) is 31. The third-order valence-electron chi connectivity index (χ3n) is 11.9. The molecule has 0 fully saturated rings. The van der Waals surface area contributed by atoms with E-state index in [1.807, 2.05) is 21.1 Å². The molecule has 2 unspecified atom stereocenters. The summed E-state index contributed by atoms with van der Waals surface area (Å²) in [5.41, 5.74) is 0. The van der Waals surface area contributed by atoms with Gasteiger partial charge in [-0.3, -0.25) is 9.36 Å². The third kappa shape index (κ3) is 51.7. The molecule has 8 nitrogen and oxygen atoms in total. The number of phosphoric ester groups is 1. The molecule has 0 aromatic rings. The molecular formula is C55H106NO7P. The number of likely N-dealkylation sites (N-methyl/N-ethyl adjacent to an activating group) is 1. The summed E-state index contributed by atoms with van der Waals surface area (Å²) in [7, 11) is 1.35. The van der Waals surface area contributed by atoms with Crippen LogP contribution in [-0.4, -0.2) is 70.7 Å². The van der Waals surface area contributed by atoms with E-state index in [9.17, 15) is 14.3 Å². The van der Waals surface area contributed by atoms with Crippen molar-refractivity contribution in [3.05, 3.63) is 36.5 Å². The number of hydrogen-bond acceptors (Lipinski definition) is 7. The number of carbonyl (C=O) groups is 1. The zero-order chi connectivity index (χ0) is 46.9. The van der Waals surface area contributed by atoms with Gasteiger partial charge in [-0.1, -0.05) is 211 Å². The highest BCUT2D eigenvalue weighted by Gasteiger charge is 2.20. The molecule has 0 aromatic carbocycles. The number of hydrogen-bond donors (Lipinski definition) is 0. The lowest BCUT2D eigenvalue weighted by Gasteiger charge is -2.28. The third-order valence-corrected chi connectivity index (χ3v) is 12.9. The van der Waals surface area contributed by atoms with E-state index < -0.39 is 13.9 Å². The molecule has 0 radical (unpaired) electrons. The molecule has 0 aromatic heterocycles. The molecule has 0 amide bonds. The van der Waals surface area contributed by atoms with Crippen LogP contribution in [0.2, 0.25) is 0 Å². The summed E-state index contributed by atoms with van der Waals surface area (Å²) >= 11 is 0. The molecule has 0 aliphatic heterocycles. The van der Waals surface area contributed by atoms with Gasteiger partial charge in [-0.05, 0) is 70.6 Å². The molecular weight excluding hydrogens is 818 g/mol. The van der Waals surface area contributed by atoms with Crippen LogP contribution in [0.1, 0.15) is 251 Å². The highest BCUT2D eigenvalue weighted by molar-refractivity contribution is 7.45. The summed E-state index contributed by atoms with van der Waals surface area (Å²) in [6.45, 7) is 5.41. The Hall–Kier alpha value is -1.28. The Morgan fingerprint density at radius 1 is 0.484 bits per heavy atom. The average molecular weight is 924 g/mol. The summed E-state index contributed by atoms with van der Waals surface area (Å²) in [6, 6.07) is 0. The zero-order valence-electron chi connectivity index (χ0n) is 43.0. The maximum Gasteiger partial charge on any atom is 0.306 e. The topological polar surface area (TPSA) is 94.1 Å². The van der Waals surface area contributed by atoms with Gasteiger partial charge >= 0.3 is 5.97 Å². The first-order valence-electron chi connectivity index (χ1n) is 27.2. The molecule has 0 aliphatic rings. The van der Waals surface area contributed by atoms with Gasteiger partial charge in [0.15, 0.2) is 0 Å². The lowest BCUT2D eigenvalue weighted by molar-refractivity contribution is -0.870. The molecule has 0 spiro atoms. The Labute approximate surface area is 397 Å². The minimum Gasteiger partial charge on any atom is -0.756 e. The quantitative estimate of drug-likeness (QED) is 0.0197. The minimum atomic E-state index is -4.53. The summed E-state index contributed by atoms with van der Waals surface area (Å²) in [5, 5.41) is 0. The van der Waals surface area contributed by atoms with Gasteiger partial charge in [-0.25, -0.2) is 0 Å². The maximum atomic E-state index is 12.7. The van der Waals surface area contributed by atoms with Crippen LogP contribution in [0.25, 0.3) is 0 Å². The number of phosphoric acid groups is 1. The number of allylic oxidation sites excluding steroid dienone is 6. The fourth-order valence-electron chi connectivity index (χ4n) is 7.69. The number of rotatable bonds is 51. The Bertz CT molecular complexity index is 1120. The van der Waals surface area contributed by atoms with Gasteiger partial charge in [-0.2, -0.15) is 0 Å². The standard InChI is InChI=1S/C55H106NO7P/c1-6-8-10-12-14-16-18-20-22-24-25-26-27-28-29-30-31-32-33-35-37-39-41-43-45-47-50-60-52-54(53-62-64(58,59)61-51-49-56(3,4)5)63-55(57)48-46-44-42-40-38-36-34-23-21-19-17-15-13-11-9-7-2/h17,19,23-25,34,54H,6-16,18,20-22,26-33,35-53H2,1-5H3/b19-17-,25-24-,34-23-. The Kier molecular flexibility index (Phi) is 47.2. The molecule has 0 saturated heterocycles. The van der Waals surface area contributed by atoms with Crippen molar-refractivity contribution in [3.63, 3.8) is 0 Å². The van der Waals surface area contributed by atoms with Crippen LogP contribution in [-0.2, 0) is 27.9 Å². The Balaban J connectivity index is 4.05. The molecule has 9 heteroatoms. The van der Waals surface area contributed by atoms with E-state index in [0.29, 0.717) is 24.1 Å². The molecule has 378 valence electrons. The van der Waals surface area contributed by atoms with Crippen molar-refractivity contribution in [2.75, 3.05) is 54.1 Å². The highest BCUT2D eigenvalue weighted by atomic mass is 31.2. The summed E-state index contributed by atoms with van der Waals surface area (Å²) < 4.78 is 34.8. The van der Waals surface area contributed by atoms with Crippen molar-refractivity contribution in [3.8, 4) is 0 Å². The number of carbonyl (C=O) groups excluding carboxylic acids is 1. The van der Waals surface area contributed by atoms with E-state index in [0.717, 1.165) is 57.8 Å². The van der Waals surface area contributed by atoms with E-state index in [1.54, 1.807) is 0 Å². The van der Waals surface area contributed by atoms with Crippen molar-refractivity contribution >= 4 is 13.8 Å². The summed E-state index contributed by atoms with van der Waals surface area (Å²) in [4.78, 5) is 25.2. The molecule has 0 N–H and O–H groups in total. The normalized spacial score (nSPS) is 13.8. The highest BCUT2D eigenvalue weighted by Crippen LogP contribution is 2.38. The molecule has 64 heavy (non-hydrogen) atoms. The van der Waals surface area contributed by atoms with Crippen LogP contribution in [0, 0.1) is 0 Å². The van der Waals surface area contributed by atoms with Crippen LogP contribution in [0.15, 0.2) is 36.5 Å². The van der Waals surface area contributed by atoms with Gasteiger partial charge in [0.1, 0.15) is 19.3 Å². The predicted molar refractivity (Wildman–Crippen MR) is 273 cm³/mol. The van der Waals surface area contributed by atoms with Crippen LogP contribution in [0.3, 0.4) is 0 Å². The molecule has 0 saturated carbocycles. The lowest BCUT2D eigenvalue weighted by Crippen LogP contribution is -2.37. The molecule has 0 aliphatic carbocycles. The Morgan fingerprint density at radius 2 is 0.859 bits per heavy atom. The second kappa shape index (κ2) is 48.2. The summed E-state index contributed by atoms with van der Waals surface area (Å²) in [5.74, 6) is -0.344. The second-order valence-corrected chi connectivity index (χ2v) is 21.0. The van der Waals surface area contributed by atoms with E-state index in [2.05, 4.69) is 50.3 Å². The molecule has 0 heterocycles. The first kappa shape index (κ1) is 62.7. The van der Waals surface area contributed by atoms with Crippen LogP contribution < -0.4 is 4.89 Å². The predicted octanol–water partition coefficient (Wildman–Crippen LogP) is 16.3. The van der Waals surface area contributed by atoms with Crippen molar-refractivity contribution in [1.29, 1.82) is 0 Å². The number of esters is 1. The first-order chi connectivity index (χ1) is 31.1. The number of nitrogens with zero attached hydrogens (tertiary/aromatic N) is 1. The second-order valence-electron chi connectivity index (χ2n) is 19.6. The van der Waals surface area contributed by atoms with Crippen LogP contribution >= 0.6 is 7.82 Å². The van der Waals surface area contributed by atoms with Crippen LogP contribution in [0.4, 0.5) is 0 Å². The molecule has 0 bridgehead atoms. The van der Waals surface area contributed by atoms with E-state index >= 15 is 0 Å². The average Bonchev–Trinajstić information content (AvgIpc) is 3.25. The van der Waals surface area contributed by atoms with Gasteiger partial charge in [0, 0.05) is 13.0 Å². The first-order valence-corrected chi connectivity index (χ1v) is 28.7. The van der Waals surface area contributed by atoms with Gasteiger partial charge in [-0.15, -0.1) is 0 Å². The smallest absolute Gasteiger partial charge is 0.306 e. The summed E-state index contributed by atoms with van der Waals surface area (Å²) in [6.07, 6.45) is 59.0.